The van der Waals surface area contributed by atoms with Crippen LogP contribution in [0, 0.1) is 0 Å². The maximum absolute atomic E-state index is 11.8. The SMILES string of the molecule is CCOC(=O)c1cc(NC(=O)CCl)cc(NC(=O)CCl)c1. The molecule has 1 aromatic carbocycles. The quantitative estimate of drug-likeness (QED) is 0.617. The number of alkyl halides is 2. The number of carbonyl (C=O) groups excluding carboxylic acids is 3. The van der Waals surface area contributed by atoms with Crippen LogP contribution in [-0.2, 0) is 14.3 Å². The molecule has 0 saturated carbocycles. The van der Waals surface area contributed by atoms with Crippen molar-refractivity contribution >= 4 is 52.4 Å². The first-order valence-electron chi connectivity index (χ1n) is 6.04. The van der Waals surface area contributed by atoms with Gasteiger partial charge in [0.1, 0.15) is 11.8 Å². The molecule has 0 aromatic heterocycles. The van der Waals surface area contributed by atoms with Crippen LogP contribution in [0.5, 0.6) is 0 Å². The van der Waals surface area contributed by atoms with E-state index in [1.807, 2.05) is 0 Å². The summed E-state index contributed by atoms with van der Waals surface area (Å²) in [4.78, 5) is 34.4. The van der Waals surface area contributed by atoms with Gasteiger partial charge < -0.3 is 15.4 Å². The predicted molar refractivity (Wildman–Crippen MR) is 81.1 cm³/mol. The third-order valence-corrected chi connectivity index (χ3v) is 2.74. The normalized spacial score (nSPS) is 9.86. The number of esters is 1. The van der Waals surface area contributed by atoms with Crippen molar-refractivity contribution in [3.8, 4) is 0 Å². The van der Waals surface area contributed by atoms with Crippen molar-refractivity contribution in [2.45, 2.75) is 6.92 Å². The third-order valence-electron chi connectivity index (χ3n) is 2.25. The van der Waals surface area contributed by atoms with Crippen LogP contribution in [0.4, 0.5) is 11.4 Å². The second kappa shape index (κ2) is 8.49. The summed E-state index contributed by atoms with van der Waals surface area (Å²) in [7, 11) is 0. The van der Waals surface area contributed by atoms with E-state index in [0.29, 0.717) is 11.4 Å². The molecule has 2 amide bonds. The van der Waals surface area contributed by atoms with Crippen LogP contribution in [0.1, 0.15) is 17.3 Å². The Kier molecular flexibility index (Phi) is 6.98. The molecule has 0 unspecified atom stereocenters. The minimum atomic E-state index is -0.569. The molecule has 2 N–H and O–H groups in total. The van der Waals surface area contributed by atoms with Crippen molar-refractivity contribution in [3.63, 3.8) is 0 Å². The van der Waals surface area contributed by atoms with Crippen molar-refractivity contribution < 1.29 is 19.1 Å². The summed E-state index contributed by atoms with van der Waals surface area (Å²) in [6.45, 7) is 1.88. The van der Waals surface area contributed by atoms with E-state index >= 15 is 0 Å². The fourth-order valence-corrected chi connectivity index (χ4v) is 1.63. The molecule has 8 heteroatoms. The van der Waals surface area contributed by atoms with E-state index in [9.17, 15) is 14.4 Å². The number of ether oxygens (including phenoxy) is 1. The molecule has 21 heavy (non-hydrogen) atoms. The van der Waals surface area contributed by atoms with Crippen LogP contribution in [-0.4, -0.2) is 36.2 Å². The fraction of sp³-hybridized carbons (Fsp3) is 0.308. The molecular formula is C13H14Cl2N2O4. The van der Waals surface area contributed by atoms with Gasteiger partial charge in [0.15, 0.2) is 0 Å². The molecule has 0 saturated heterocycles. The van der Waals surface area contributed by atoms with Crippen LogP contribution < -0.4 is 10.6 Å². The lowest BCUT2D eigenvalue weighted by molar-refractivity contribution is -0.114. The number of amides is 2. The third kappa shape index (κ3) is 5.61. The van der Waals surface area contributed by atoms with Gasteiger partial charge in [-0.05, 0) is 25.1 Å². The Labute approximate surface area is 131 Å². The smallest absolute Gasteiger partial charge is 0.338 e. The van der Waals surface area contributed by atoms with Gasteiger partial charge in [0.25, 0.3) is 0 Å². The van der Waals surface area contributed by atoms with E-state index in [2.05, 4.69) is 10.6 Å². The molecule has 0 aliphatic rings. The summed E-state index contributed by atoms with van der Waals surface area (Å²) in [5, 5.41) is 5.00. The van der Waals surface area contributed by atoms with Crippen molar-refractivity contribution in [3.05, 3.63) is 23.8 Å². The van der Waals surface area contributed by atoms with Gasteiger partial charge >= 0.3 is 5.97 Å². The highest BCUT2D eigenvalue weighted by atomic mass is 35.5. The number of halogens is 2. The molecule has 0 bridgehead atoms. The lowest BCUT2D eigenvalue weighted by Crippen LogP contribution is -2.16. The van der Waals surface area contributed by atoms with E-state index in [1.54, 1.807) is 6.92 Å². The zero-order valence-corrected chi connectivity index (χ0v) is 12.8. The Hall–Kier alpha value is -1.79. The Balaban J connectivity index is 3.09. The predicted octanol–water partition coefficient (Wildman–Crippen LogP) is 2.22. The van der Waals surface area contributed by atoms with Gasteiger partial charge in [-0.1, -0.05) is 0 Å². The molecular weight excluding hydrogens is 319 g/mol. The zero-order valence-electron chi connectivity index (χ0n) is 11.2. The van der Waals surface area contributed by atoms with E-state index in [-0.39, 0.29) is 23.9 Å². The van der Waals surface area contributed by atoms with Crippen LogP contribution in [0.25, 0.3) is 0 Å². The van der Waals surface area contributed by atoms with Gasteiger partial charge in [0, 0.05) is 11.4 Å². The Morgan fingerprint density at radius 3 is 1.86 bits per heavy atom. The monoisotopic (exact) mass is 332 g/mol. The summed E-state index contributed by atoms with van der Waals surface area (Å²) in [6, 6.07) is 4.34. The summed E-state index contributed by atoms with van der Waals surface area (Å²) in [5.74, 6) is -1.90. The van der Waals surface area contributed by atoms with Crippen molar-refractivity contribution in [1.82, 2.24) is 0 Å². The van der Waals surface area contributed by atoms with Crippen LogP contribution in [0.3, 0.4) is 0 Å². The highest BCUT2D eigenvalue weighted by Gasteiger charge is 2.12. The molecule has 1 rings (SSSR count). The topological polar surface area (TPSA) is 84.5 Å². The van der Waals surface area contributed by atoms with Crippen molar-refractivity contribution in [2.75, 3.05) is 29.0 Å². The maximum Gasteiger partial charge on any atom is 0.338 e. The molecule has 1 aromatic rings. The molecule has 0 aliphatic carbocycles. The standard InChI is InChI=1S/C13H14Cl2N2O4/c1-2-21-13(20)8-3-9(16-11(18)6-14)5-10(4-8)17-12(19)7-15/h3-5H,2,6-7H2,1H3,(H,16,18)(H,17,19). The van der Waals surface area contributed by atoms with Crippen LogP contribution in [0.2, 0.25) is 0 Å². The Morgan fingerprint density at radius 2 is 1.48 bits per heavy atom. The number of benzene rings is 1. The zero-order chi connectivity index (χ0) is 15.8. The first-order chi connectivity index (χ1) is 9.99. The van der Waals surface area contributed by atoms with Crippen molar-refractivity contribution in [2.24, 2.45) is 0 Å². The van der Waals surface area contributed by atoms with Crippen LogP contribution in [0.15, 0.2) is 18.2 Å². The summed E-state index contributed by atoms with van der Waals surface area (Å²) in [5.41, 5.74) is 0.821. The van der Waals surface area contributed by atoms with Gasteiger partial charge in [-0.3, -0.25) is 9.59 Å². The average molecular weight is 333 g/mol. The first kappa shape index (κ1) is 17.3. The molecule has 0 radical (unpaired) electrons. The van der Waals surface area contributed by atoms with E-state index in [0.717, 1.165) is 0 Å². The lowest BCUT2D eigenvalue weighted by atomic mass is 10.1. The van der Waals surface area contributed by atoms with Gasteiger partial charge in [0.05, 0.1) is 12.2 Å². The van der Waals surface area contributed by atoms with Crippen molar-refractivity contribution in [1.29, 1.82) is 0 Å². The van der Waals surface area contributed by atoms with Gasteiger partial charge in [-0.2, -0.15) is 0 Å². The lowest BCUT2D eigenvalue weighted by Gasteiger charge is -2.10. The minimum absolute atomic E-state index is 0.189. The molecule has 0 heterocycles. The number of nitrogens with one attached hydrogen (secondary N) is 2. The summed E-state index contributed by atoms with van der Waals surface area (Å²) in [6.07, 6.45) is 0. The van der Waals surface area contributed by atoms with Gasteiger partial charge in [0.2, 0.25) is 11.8 Å². The summed E-state index contributed by atoms with van der Waals surface area (Å²) < 4.78 is 4.88. The molecule has 0 spiro atoms. The highest BCUT2D eigenvalue weighted by Crippen LogP contribution is 2.20. The van der Waals surface area contributed by atoms with Crippen LogP contribution >= 0.6 is 23.2 Å². The summed E-state index contributed by atoms with van der Waals surface area (Å²) >= 11 is 10.8. The average Bonchev–Trinajstić information content (AvgIpc) is 2.46. The molecule has 6 nitrogen and oxygen atoms in total. The number of anilines is 2. The second-order valence-corrected chi connectivity index (χ2v) is 4.42. The second-order valence-electron chi connectivity index (χ2n) is 3.88. The molecule has 0 fully saturated rings. The first-order valence-corrected chi connectivity index (χ1v) is 7.11. The Morgan fingerprint density at radius 1 is 1.00 bits per heavy atom. The number of carbonyl (C=O) groups is 3. The fourth-order valence-electron chi connectivity index (χ4n) is 1.49. The maximum atomic E-state index is 11.8. The highest BCUT2D eigenvalue weighted by molar-refractivity contribution is 6.29. The molecule has 0 aliphatic heterocycles. The number of hydrogen-bond donors (Lipinski definition) is 2. The number of hydrogen-bond acceptors (Lipinski definition) is 4. The van der Waals surface area contributed by atoms with Gasteiger partial charge in [-0.15, -0.1) is 23.2 Å². The van der Waals surface area contributed by atoms with Gasteiger partial charge in [-0.25, -0.2) is 4.79 Å². The molecule has 0 atom stereocenters. The van der Waals surface area contributed by atoms with E-state index in [4.69, 9.17) is 27.9 Å². The Bertz CT molecular complexity index is 513. The van der Waals surface area contributed by atoms with E-state index in [1.165, 1.54) is 18.2 Å². The molecule has 114 valence electrons. The minimum Gasteiger partial charge on any atom is -0.462 e. The largest absolute Gasteiger partial charge is 0.462 e. The van der Waals surface area contributed by atoms with E-state index < -0.39 is 17.8 Å². The number of rotatable bonds is 6.